The number of rotatable bonds is 5. The normalized spacial score (nSPS) is 12.3. The number of hydrogen-bond acceptors (Lipinski definition) is 3. The fourth-order valence-electron chi connectivity index (χ4n) is 1.41. The summed E-state index contributed by atoms with van der Waals surface area (Å²) in [6.45, 7) is 6.55. The van der Waals surface area contributed by atoms with E-state index in [4.69, 9.17) is 17.3 Å². The number of benzene rings is 1. The van der Waals surface area contributed by atoms with Crippen molar-refractivity contribution in [3.8, 4) is 0 Å². The topological polar surface area (TPSA) is 67.2 Å². The van der Waals surface area contributed by atoms with Crippen molar-refractivity contribution in [2.24, 2.45) is 5.92 Å². The summed E-state index contributed by atoms with van der Waals surface area (Å²) in [7, 11) is 0. The van der Waals surface area contributed by atoms with E-state index in [1.807, 2.05) is 13.8 Å². The molecule has 0 bridgehead atoms. The number of halogens is 1. The molecular formula is C13H20ClN3O. The monoisotopic (exact) mass is 269 g/mol. The SMILES string of the molecule is CC(C)CNC(=O)C(C)Nc1cc(Cl)ccc1N. The maximum Gasteiger partial charge on any atom is 0.242 e. The predicted molar refractivity (Wildman–Crippen MR) is 76.8 cm³/mol. The van der Waals surface area contributed by atoms with Crippen molar-refractivity contribution < 1.29 is 4.79 Å². The van der Waals surface area contributed by atoms with Gasteiger partial charge >= 0.3 is 0 Å². The first-order chi connectivity index (χ1) is 8.40. The second-order valence-electron chi connectivity index (χ2n) is 4.74. The molecule has 0 aliphatic heterocycles. The van der Waals surface area contributed by atoms with Gasteiger partial charge < -0.3 is 16.4 Å². The molecular weight excluding hydrogens is 250 g/mol. The van der Waals surface area contributed by atoms with Gasteiger partial charge in [0.15, 0.2) is 0 Å². The fraction of sp³-hybridized carbons (Fsp3) is 0.462. The van der Waals surface area contributed by atoms with Gasteiger partial charge in [0.25, 0.3) is 0 Å². The van der Waals surface area contributed by atoms with Gasteiger partial charge in [0.2, 0.25) is 5.91 Å². The molecule has 1 atom stereocenters. The Labute approximate surface area is 113 Å². The lowest BCUT2D eigenvalue weighted by atomic mass is 10.2. The Morgan fingerprint density at radius 3 is 2.67 bits per heavy atom. The fourth-order valence-corrected chi connectivity index (χ4v) is 1.58. The summed E-state index contributed by atoms with van der Waals surface area (Å²) in [5.41, 5.74) is 7.06. The van der Waals surface area contributed by atoms with E-state index in [1.54, 1.807) is 25.1 Å². The zero-order valence-corrected chi connectivity index (χ0v) is 11.7. The molecule has 1 aromatic carbocycles. The Hall–Kier alpha value is -1.42. The zero-order chi connectivity index (χ0) is 13.7. The number of anilines is 2. The van der Waals surface area contributed by atoms with Crippen LogP contribution in [0.1, 0.15) is 20.8 Å². The summed E-state index contributed by atoms with van der Waals surface area (Å²) < 4.78 is 0. The van der Waals surface area contributed by atoms with Crippen molar-refractivity contribution in [2.75, 3.05) is 17.6 Å². The van der Waals surface area contributed by atoms with Crippen molar-refractivity contribution in [2.45, 2.75) is 26.8 Å². The van der Waals surface area contributed by atoms with Gasteiger partial charge in [-0.05, 0) is 31.0 Å². The van der Waals surface area contributed by atoms with Gasteiger partial charge in [0.1, 0.15) is 6.04 Å². The Balaban J connectivity index is 2.60. The van der Waals surface area contributed by atoms with Crippen LogP contribution in [0.4, 0.5) is 11.4 Å². The third-order valence-corrected chi connectivity index (χ3v) is 2.70. The van der Waals surface area contributed by atoms with Crippen molar-refractivity contribution in [3.05, 3.63) is 23.2 Å². The molecule has 1 aromatic rings. The van der Waals surface area contributed by atoms with Gasteiger partial charge in [0.05, 0.1) is 11.4 Å². The molecule has 0 radical (unpaired) electrons. The molecule has 0 saturated carbocycles. The zero-order valence-electron chi connectivity index (χ0n) is 11.0. The quantitative estimate of drug-likeness (QED) is 0.720. The molecule has 1 amide bonds. The summed E-state index contributed by atoms with van der Waals surface area (Å²) >= 11 is 5.89. The lowest BCUT2D eigenvalue weighted by Gasteiger charge is -2.17. The lowest BCUT2D eigenvalue weighted by Crippen LogP contribution is -2.39. The highest BCUT2D eigenvalue weighted by Gasteiger charge is 2.13. The molecule has 1 rings (SSSR count). The molecule has 100 valence electrons. The van der Waals surface area contributed by atoms with Crippen LogP contribution in [-0.4, -0.2) is 18.5 Å². The van der Waals surface area contributed by atoms with Gasteiger partial charge in [-0.25, -0.2) is 0 Å². The number of nitrogens with one attached hydrogen (secondary N) is 2. The maximum absolute atomic E-state index is 11.8. The van der Waals surface area contributed by atoms with E-state index in [1.165, 1.54) is 0 Å². The first kappa shape index (κ1) is 14.6. The average Bonchev–Trinajstić information content (AvgIpc) is 2.30. The molecule has 18 heavy (non-hydrogen) atoms. The van der Waals surface area contributed by atoms with Gasteiger partial charge in [-0.2, -0.15) is 0 Å². The van der Waals surface area contributed by atoms with Gasteiger partial charge in [0, 0.05) is 11.6 Å². The third kappa shape index (κ3) is 4.45. The van der Waals surface area contributed by atoms with Crippen molar-refractivity contribution in [3.63, 3.8) is 0 Å². The van der Waals surface area contributed by atoms with Crippen LogP contribution in [-0.2, 0) is 4.79 Å². The lowest BCUT2D eigenvalue weighted by molar-refractivity contribution is -0.121. The molecule has 5 heteroatoms. The number of nitrogens with two attached hydrogens (primary N) is 1. The van der Waals surface area contributed by atoms with Gasteiger partial charge in [-0.3, -0.25) is 4.79 Å². The Bertz CT molecular complexity index is 421. The van der Waals surface area contributed by atoms with Crippen LogP contribution >= 0.6 is 11.6 Å². The van der Waals surface area contributed by atoms with Crippen LogP contribution < -0.4 is 16.4 Å². The standard InChI is InChI=1S/C13H20ClN3O/c1-8(2)7-16-13(18)9(3)17-12-6-10(14)4-5-11(12)15/h4-6,8-9,17H,7,15H2,1-3H3,(H,16,18). The Morgan fingerprint density at radius 1 is 1.39 bits per heavy atom. The molecule has 0 fully saturated rings. The van der Waals surface area contributed by atoms with Crippen molar-refractivity contribution >= 4 is 28.9 Å². The second kappa shape index (κ2) is 6.50. The van der Waals surface area contributed by atoms with Crippen LogP contribution in [0.15, 0.2) is 18.2 Å². The summed E-state index contributed by atoms with van der Waals surface area (Å²) in [6, 6.07) is 4.78. The smallest absolute Gasteiger partial charge is 0.242 e. The van der Waals surface area contributed by atoms with E-state index >= 15 is 0 Å². The molecule has 0 saturated heterocycles. The summed E-state index contributed by atoms with van der Waals surface area (Å²) in [5.74, 6) is 0.375. The highest BCUT2D eigenvalue weighted by molar-refractivity contribution is 6.31. The second-order valence-corrected chi connectivity index (χ2v) is 5.17. The van der Waals surface area contributed by atoms with Crippen LogP contribution in [0.3, 0.4) is 0 Å². The molecule has 0 aliphatic rings. The average molecular weight is 270 g/mol. The van der Waals surface area contributed by atoms with Crippen molar-refractivity contribution in [1.82, 2.24) is 5.32 Å². The molecule has 0 heterocycles. The molecule has 4 N–H and O–H groups in total. The number of carbonyl (C=O) groups is 1. The highest BCUT2D eigenvalue weighted by Crippen LogP contribution is 2.23. The van der Waals surface area contributed by atoms with Crippen molar-refractivity contribution in [1.29, 1.82) is 0 Å². The number of nitrogen functional groups attached to an aromatic ring is 1. The van der Waals surface area contributed by atoms with Gasteiger partial charge in [-0.15, -0.1) is 0 Å². The van der Waals surface area contributed by atoms with E-state index in [0.717, 1.165) is 0 Å². The first-order valence-electron chi connectivity index (χ1n) is 5.99. The first-order valence-corrected chi connectivity index (χ1v) is 6.37. The van der Waals surface area contributed by atoms with Crippen LogP contribution in [0.25, 0.3) is 0 Å². The number of amides is 1. The third-order valence-electron chi connectivity index (χ3n) is 2.47. The van der Waals surface area contributed by atoms with E-state index in [-0.39, 0.29) is 11.9 Å². The van der Waals surface area contributed by atoms with Crippen LogP contribution in [0.5, 0.6) is 0 Å². The van der Waals surface area contributed by atoms with E-state index < -0.39 is 0 Å². The summed E-state index contributed by atoms with van der Waals surface area (Å²) in [4.78, 5) is 11.8. The van der Waals surface area contributed by atoms with Crippen LogP contribution in [0, 0.1) is 5.92 Å². The number of hydrogen-bond donors (Lipinski definition) is 3. The Kier molecular flexibility index (Phi) is 5.28. The highest BCUT2D eigenvalue weighted by atomic mass is 35.5. The number of carbonyl (C=O) groups excluding carboxylic acids is 1. The van der Waals surface area contributed by atoms with Crippen LogP contribution in [0.2, 0.25) is 5.02 Å². The molecule has 1 unspecified atom stereocenters. The van der Waals surface area contributed by atoms with E-state index in [9.17, 15) is 4.79 Å². The molecule has 0 aliphatic carbocycles. The molecule has 0 spiro atoms. The minimum atomic E-state index is -0.357. The summed E-state index contributed by atoms with van der Waals surface area (Å²) in [6.07, 6.45) is 0. The largest absolute Gasteiger partial charge is 0.397 e. The minimum Gasteiger partial charge on any atom is -0.397 e. The van der Waals surface area contributed by atoms with Gasteiger partial charge in [-0.1, -0.05) is 25.4 Å². The Morgan fingerprint density at radius 2 is 2.06 bits per heavy atom. The minimum absolute atomic E-state index is 0.0527. The van der Waals surface area contributed by atoms with E-state index in [2.05, 4.69) is 10.6 Å². The molecule has 4 nitrogen and oxygen atoms in total. The molecule has 0 aromatic heterocycles. The summed E-state index contributed by atoms with van der Waals surface area (Å²) in [5, 5.41) is 6.50. The maximum atomic E-state index is 11.8. The predicted octanol–water partition coefficient (Wildman–Crippen LogP) is 2.49. The van der Waals surface area contributed by atoms with E-state index in [0.29, 0.717) is 28.9 Å².